The third-order valence-corrected chi connectivity index (χ3v) is 10.0. The topological polar surface area (TPSA) is 38.9 Å². The van der Waals surface area contributed by atoms with E-state index >= 15 is 0 Å². The second-order valence-electron chi connectivity index (χ2n) is 13.4. The van der Waals surface area contributed by atoms with Crippen LogP contribution in [-0.2, 0) is 0 Å². The Kier molecular flexibility index (Phi) is 6.89. The molecule has 2 aromatic heterocycles. The number of hydrogen-bond donors (Lipinski definition) is 0. The minimum absolute atomic E-state index is 0.157. The molecule has 3 nitrogen and oxygen atoms in total. The van der Waals surface area contributed by atoms with E-state index in [0.717, 1.165) is 66.6 Å². The van der Waals surface area contributed by atoms with E-state index in [1.165, 1.54) is 11.1 Å². The van der Waals surface area contributed by atoms with Crippen molar-refractivity contribution in [1.82, 2.24) is 9.97 Å². The highest BCUT2D eigenvalue weighted by Crippen LogP contribution is 2.39. The lowest BCUT2D eigenvalue weighted by molar-refractivity contribution is 0.669. The molecule has 0 amide bonds. The van der Waals surface area contributed by atoms with Gasteiger partial charge in [0.1, 0.15) is 11.2 Å². The summed E-state index contributed by atoms with van der Waals surface area (Å²) in [5, 5.41) is 1.87. The Morgan fingerprint density at radius 1 is 0.364 bits per heavy atom. The molecule has 10 rings (SSSR count). The fraction of sp³-hybridized carbons (Fsp3) is 0. The van der Waals surface area contributed by atoms with Crippen molar-refractivity contribution < 1.29 is 11.3 Å². The first-order valence-electron chi connectivity index (χ1n) is 20.6. The molecular weight excluding hydrogens is 669 g/mol. The molecule has 2 heterocycles. The second kappa shape index (κ2) is 13.9. The molecule has 0 aliphatic heterocycles. The number of aromatic nitrogens is 2. The van der Waals surface area contributed by atoms with Crippen molar-refractivity contribution >= 4 is 21.9 Å². The molecular formula is C52H34N2O. The highest BCUT2D eigenvalue weighted by Gasteiger charge is 2.18. The summed E-state index contributed by atoms with van der Waals surface area (Å²) in [5.74, 6) is 0.533. The van der Waals surface area contributed by atoms with Gasteiger partial charge in [-0.25, -0.2) is 9.97 Å². The number of furan rings is 1. The van der Waals surface area contributed by atoms with Gasteiger partial charge in [-0.2, -0.15) is 0 Å². The zero-order valence-corrected chi connectivity index (χ0v) is 29.5. The monoisotopic (exact) mass is 707 g/mol. The second-order valence-corrected chi connectivity index (χ2v) is 13.4. The normalized spacial score (nSPS) is 12.5. The van der Waals surface area contributed by atoms with Gasteiger partial charge in [0.05, 0.1) is 18.2 Å². The van der Waals surface area contributed by atoms with Crippen LogP contribution in [0.1, 0.15) is 6.85 Å². The lowest BCUT2D eigenvalue weighted by Gasteiger charge is -2.11. The fourth-order valence-corrected chi connectivity index (χ4v) is 7.21. The minimum atomic E-state index is -0.416. The molecule has 0 aliphatic carbocycles. The smallest absolute Gasteiger partial charge is 0.161 e. The summed E-state index contributed by atoms with van der Waals surface area (Å²) in [7, 11) is 0. The Morgan fingerprint density at radius 3 is 1.44 bits per heavy atom. The van der Waals surface area contributed by atoms with E-state index in [0.29, 0.717) is 17.1 Å². The van der Waals surface area contributed by atoms with Gasteiger partial charge in [0.15, 0.2) is 5.82 Å². The van der Waals surface area contributed by atoms with Crippen LogP contribution in [0.4, 0.5) is 0 Å². The van der Waals surface area contributed by atoms with Gasteiger partial charge in [0.25, 0.3) is 0 Å². The highest BCUT2D eigenvalue weighted by atomic mass is 16.3. The Labute approximate surface area is 326 Å². The van der Waals surface area contributed by atoms with E-state index in [1.54, 1.807) is 12.1 Å². The maximum Gasteiger partial charge on any atom is 0.161 e. The summed E-state index contributed by atoms with van der Waals surface area (Å²) < 4.78 is 47.7. The van der Waals surface area contributed by atoms with Crippen molar-refractivity contribution in [3.05, 3.63) is 206 Å². The highest BCUT2D eigenvalue weighted by molar-refractivity contribution is 6.12. The molecule has 0 radical (unpaired) electrons. The Balaban J connectivity index is 1.01. The predicted molar refractivity (Wildman–Crippen MR) is 227 cm³/mol. The Bertz CT molecular complexity index is 3190. The van der Waals surface area contributed by atoms with Crippen LogP contribution in [0, 0.1) is 0 Å². The van der Waals surface area contributed by atoms with Gasteiger partial charge in [-0.3, -0.25) is 0 Å². The van der Waals surface area contributed by atoms with Gasteiger partial charge in [0.2, 0.25) is 0 Å². The minimum Gasteiger partial charge on any atom is -0.456 e. The summed E-state index contributed by atoms with van der Waals surface area (Å²) in [6.45, 7) is 0. The summed E-state index contributed by atoms with van der Waals surface area (Å²) in [4.78, 5) is 10.2. The van der Waals surface area contributed by atoms with Crippen LogP contribution in [0.25, 0.3) is 100 Å². The number of fused-ring (bicyclic) bond motifs is 3. The van der Waals surface area contributed by atoms with E-state index < -0.39 is 6.04 Å². The SMILES string of the molecule is [2H]c1c([2H])c([2H])c(-c2ccc(-c3cc(-c4ccccc4)nc(-c4cccc5oc6cc(-c7ccc(-c8ccc(-c9ccccc9)cc8)cc7)ccc6c45)n3)cc2)c([2H])c1[2H]. The molecule has 0 spiro atoms. The van der Waals surface area contributed by atoms with Crippen LogP contribution < -0.4 is 0 Å². The first kappa shape index (κ1) is 27.3. The van der Waals surface area contributed by atoms with Crippen molar-refractivity contribution in [1.29, 1.82) is 0 Å². The van der Waals surface area contributed by atoms with Crippen molar-refractivity contribution in [2.75, 3.05) is 0 Å². The maximum absolute atomic E-state index is 8.47. The third kappa shape index (κ3) is 6.28. The number of nitrogens with zero attached hydrogens (tertiary/aromatic N) is 2. The van der Waals surface area contributed by atoms with Crippen molar-refractivity contribution in [3.8, 4) is 78.4 Å². The van der Waals surface area contributed by atoms with Crippen LogP contribution in [0.15, 0.2) is 211 Å². The van der Waals surface area contributed by atoms with Crippen molar-refractivity contribution in [3.63, 3.8) is 0 Å². The zero-order valence-electron chi connectivity index (χ0n) is 34.5. The molecule has 0 aliphatic rings. The summed E-state index contributed by atoms with van der Waals surface area (Å²) in [6.07, 6.45) is 0. The fourth-order valence-electron chi connectivity index (χ4n) is 7.21. The van der Waals surface area contributed by atoms with Gasteiger partial charge < -0.3 is 4.42 Å². The van der Waals surface area contributed by atoms with Crippen molar-refractivity contribution in [2.24, 2.45) is 0 Å². The van der Waals surface area contributed by atoms with E-state index in [9.17, 15) is 0 Å². The van der Waals surface area contributed by atoms with Crippen LogP contribution >= 0.6 is 0 Å². The van der Waals surface area contributed by atoms with E-state index in [1.807, 2.05) is 72.8 Å². The molecule has 0 bridgehead atoms. The van der Waals surface area contributed by atoms with E-state index in [-0.39, 0.29) is 29.7 Å². The first-order chi connectivity index (χ1) is 29.3. The lowest BCUT2D eigenvalue weighted by Crippen LogP contribution is -1.96. The van der Waals surface area contributed by atoms with Gasteiger partial charge in [-0.15, -0.1) is 0 Å². The molecule has 10 aromatic rings. The predicted octanol–water partition coefficient (Wildman–Crippen LogP) is 14.0. The quantitative estimate of drug-likeness (QED) is 0.166. The molecule has 0 atom stereocenters. The molecule has 0 saturated heterocycles. The van der Waals surface area contributed by atoms with Crippen molar-refractivity contribution in [2.45, 2.75) is 0 Å². The van der Waals surface area contributed by atoms with Crippen LogP contribution in [0.3, 0.4) is 0 Å². The zero-order chi connectivity index (χ0) is 40.9. The number of rotatable bonds is 7. The molecule has 0 saturated carbocycles. The molecule has 55 heavy (non-hydrogen) atoms. The summed E-state index contributed by atoms with van der Waals surface area (Å²) >= 11 is 0. The standard InChI is InChI=1S/C52H34N2O/c1-4-11-35(12-5-1)37-19-21-39(22-20-37)40-23-25-41(26-24-40)44-31-32-45-50(33-44)55-49-18-10-17-46(51(45)49)52-53-47(42-15-8-3-9-16-42)34-48(54-52)43-29-27-38(28-30-43)36-13-6-2-7-14-36/h1-34H/i2D,6D,7D,13D,14D. The Hall–Kier alpha value is -7.36. The molecule has 0 unspecified atom stereocenters. The molecule has 0 fully saturated rings. The third-order valence-electron chi connectivity index (χ3n) is 10.0. The van der Waals surface area contributed by atoms with Gasteiger partial charge in [0, 0.05) is 27.5 Å². The van der Waals surface area contributed by atoms with Gasteiger partial charge in [-0.1, -0.05) is 182 Å². The van der Waals surface area contributed by atoms with E-state index in [2.05, 4.69) is 91.0 Å². The number of benzene rings is 8. The Morgan fingerprint density at radius 2 is 0.836 bits per heavy atom. The number of hydrogen-bond acceptors (Lipinski definition) is 3. The first-order valence-corrected chi connectivity index (χ1v) is 18.1. The van der Waals surface area contributed by atoms with Crippen LogP contribution in [0.5, 0.6) is 0 Å². The van der Waals surface area contributed by atoms with Crippen LogP contribution in [-0.4, -0.2) is 9.97 Å². The van der Waals surface area contributed by atoms with E-state index in [4.69, 9.17) is 21.2 Å². The summed E-state index contributed by atoms with van der Waals surface area (Å²) in [5.41, 5.74) is 13.0. The average molecular weight is 708 g/mol. The summed E-state index contributed by atoms with van der Waals surface area (Å²) in [6, 6.07) is 57.5. The lowest BCUT2D eigenvalue weighted by atomic mass is 9.97. The maximum atomic E-state index is 8.47. The van der Waals surface area contributed by atoms with Crippen LogP contribution in [0.2, 0.25) is 0 Å². The van der Waals surface area contributed by atoms with Gasteiger partial charge >= 0.3 is 0 Å². The molecule has 3 heteroatoms. The largest absolute Gasteiger partial charge is 0.456 e. The molecule has 8 aromatic carbocycles. The average Bonchev–Trinajstić information content (AvgIpc) is 3.69. The molecule has 258 valence electrons. The van der Waals surface area contributed by atoms with Gasteiger partial charge in [-0.05, 0) is 68.8 Å². The molecule has 0 N–H and O–H groups in total.